The third-order valence-electron chi connectivity index (χ3n) is 3.96. The lowest BCUT2D eigenvalue weighted by atomic mass is 10.2. The van der Waals surface area contributed by atoms with Crippen molar-refractivity contribution in [2.75, 3.05) is 19.3 Å². The molecule has 3 heterocycles. The predicted octanol–water partition coefficient (Wildman–Crippen LogP) is -0.188. The van der Waals surface area contributed by atoms with Gasteiger partial charge in [0.15, 0.2) is 5.65 Å². The Morgan fingerprint density at radius 2 is 2.22 bits per heavy atom. The Morgan fingerprint density at radius 3 is 3.00 bits per heavy atom. The van der Waals surface area contributed by atoms with E-state index >= 15 is 0 Å². The first kappa shape index (κ1) is 15.9. The van der Waals surface area contributed by atoms with Crippen LogP contribution >= 0.6 is 0 Å². The maximum Gasteiger partial charge on any atom is 0.238 e. The number of nitrogens with zero attached hydrogens (tertiary/aromatic N) is 4. The Balaban J connectivity index is 1.59. The van der Waals surface area contributed by atoms with Crippen LogP contribution in [0.5, 0.6) is 0 Å². The summed E-state index contributed by atoms with van der Waals surface area (Å²) in [4.78, 5) is 12.2. The summed E-state index contributed by atoms with van der Waals surface area (Å²) in [6.07, 6.45) is 4.81. The fraction of sp³-hybridized carbons (Fsp3) is 0.500. The van der Waals surface area contributed by atoms with Crippen molar-refractivity contribution in [2.45, 2.75) is 25.3 Å². The van der Waals surface area contributed by atoms with Crippen molar-refractivity contribution in [1.82, 2.24) is 24.2 Å². The minimum absolute atomic E-state index is 0.248. The SMILES string of the molecule is CS(=O)(=O)N1CCC[C@@H]1C(=O)NCCc1nnc2ccccn12. The Labute approximate surface area is 134 Å². The molecule has 0 aliphatic carbocycles. The number of amides is 1. The van der Waals surface area contributed by atoms with Gasteiger partial charge in [-0.05, 0) is 25.0 Å². The molecular weight excluding hydrogens is 318 g/mol. The highest BCUT2D eigenvalue weighted by molar-refractivity contribution is 7.88. The van der Waals surface area contributed by atoms with Crippen molar-refractivity contribution in [3.63, 3.8) is 0 Å². The number of hydrogen-bond donors (Lipinski definition) is 1. The van der Waals surface area contributed by atoms with Gasteiger partial charge in [0, 0.05) is 25.7 Å². The highest BCUT2D eigenvalue weighted by atomic mass is 32.2. The zero-order valence-electron chi connectivity index (χ0n) is 12.8. The van der Waals surface area contributed by atoms with Crippen molar-refractivity contribution in [2.24, 2.45) is 0 Å². The monoisotopic (exact) mass is 337 g/mol. The van der Waals surface area contributed by atoms with Gasteiger partial charge in [-0.25, -0.2) is 8.42 Å². The lowest BCUT2D eigenvalue weighted by molar-refractivity contribution is -0.124. The van der Waals surface area contributed by atoms with E-state index in [1.54, 1.807) is 0 Å². The van der Waals surface area contributed by atoms with Gasteiger partial charge in [-0.2, -0.15) is 4.31 Å². The smallest absolute Gasteiger partial charge is 0.238 e. The number of nitrogens with one attached hydrogen (secondary N) is 1. The summed E-state index contributed by atoms with van der Waals surface area (Å²) in [5.74, 6) is 0.508. The summed E-state index contributed by atoms with van der Waals surface area (Å²) in [7, 11) is -3.35. The normalized spacial score (nSPS) is 19.3. The van der Waals surface area contributed by atoms with Crippen LogP contribution in [0.3, 0.4) is 0 Å². The van der Waals surface area contributed by atoms with Crippen LogP contribution in [0.4, 0.5) is 0 Å². The summed E-state index contributed by atoms with van der Waals surface area (Å²) in [5, 5.41) is 11.0. The number of rotatable bonds is 5. The van der Waals surface area contributed by atoms with Crippen molar-refractivity contribution in [3.8, 4) is 0 Å². The Bertz CT molecular complexity index is 817. The van der Waals surface area contributed by atoms with Crippen LogP contribution in [0.1, 0.15) is 18.7 Å². The third-order valence-corrected chi connectivity index (χ3v) is 5.25. The van der Waals surface area contributed by atoms with Crippen molar-refractivity contribution in [3.05, 3.63) is 30.2 Å². The van der Waals surface area contributed by atoms with E-state index in [1.807, 2.05) is 28.8 Å². The minimum Gasteiger partial charge on any atom is -0.354 e. The first-order valence-corrected chi connectivity index (χ1v) is 9.35. The molecule has 1 saturated heterocycles. The molecule has 23 heavy (non-hydrogen) atoms. The first-order chi connectivity index (χ1) is 11.0. The molecule has 1 atom stereocenters. The summed E-state index contributed by atoms with van der Waals surface area (Å²) >= 11 is 0. The highest BCUT2D eigenvalue weighted by Gasteiger charge is 2.36. The lowest BCUT2D eigenvalue weighted by Crippen LogP contribution is -2.46. The van der Waals surface area contributed by atoms with Gasteiger partial charge in [-0.15, -0.1) is 10.2 Å². The molecule has 0 bridgehead atoms. The van der Waals surface area contributed by atoms with Crippen LogP contribution in [-0.4, -0.2) is 58.6 Å². The number of aromatic nitrogens is 3. The molecule has 1 aliphatic heterocycles. The molecule has 0 aromatic carbocycles. The molecule has 0 saturated carbocycles. The fourth-order valence-corrected chi connectivity index (χ4v) is 4.00. The van der Waals surface area contributed by atoms with Gasteiger partial charge in [0.25, 0.3) is 0 Å². The first-order valence-electron chi connectivity index (χ1n) is 7.50. The van der Waals surface area contributed by atoms with Crippen LogP contribution in [0.2, 0.25) is 0 Å². The summed E-state index contributed by atoms with van der Waals surface area (Å²) in [6.45, 7) is 0.800. The zero-order valence-corrected chi connectivity index (χ0v) is 13.7. The quantitative estimate of drug-likeness (QED) is 0.816. The second kappa shape index (κ2) is 6.25. The standard InChI is InChI=1S/C14H19N5O3S/c1-23(21,22)19-10-4-5-11(19)14(20)15-8-7-13-17-16-12-6-2-3-9-18(12)13/h2-3,6,9,11H,4-5,7-8,10H2,1H3,(H,15,20)/t11-/m1/s1. The topological polar surface area (TPSA) is 96.7 Å². The molecular formula is C14H19N5O3S. The van der Waals surface area contributed by atoms with Crippen LogP contribution in [-0.2, 0) is 21.2 Å². The second-order valence-corrected chi connectivity index (χ2v) is 7.55. The van der Waals surface area contributed by atoms with Crippen molar-refractivity contribution < 1.29 is 13.2 Å². The van der Waals surface area contributed by atoms with E-state index in [4.69, 9.17) is 0 Å². The van der Waals surface area contributed by atoms with Gasteiger partial charge in [-0.1, -0.05) is 6.07 Å². The number of hydrogen-bond acceptors (Lipinski definition) is 5. The molecule has 124 valence electrons. The molecule has 1 aliphatic rings. The van der Waals surface area contributed by atoms with Crippen LogP contribution < -0.4 is 5.32 Å². The largest absolute Gasteiger partial charge is 0.354 e. The Kier molecular flexibility index (Phi) is 4.31. The number of sulfonamides is 1. The minimum atomic E-state index is -3.35. The number of pyridine rings is 1. The van der Waals surface area contributed by atoms with E-state index < -0.39 is 16.1 Å². The van der Waals surface area contributed by atoms with Crippen LogP contribution in [0, 0.1) is 0 Å². The zero-order chi connectivity index (χ0) is 16.4. The van der Waals surface area contributed by atoms with E-state index in [2.05, 4.69) is 15.5 Å². The van der Waals surface area contributed by atoms with Gasteiger partial charge >= 0.3 is 0 Å². The molecule has 2 aromatic rings. The summed E-state index contributed by atoms with van der Waals surface area (Å²) in [5.41, 5.74) is 0.757. The second-order valence-electron chi connectivity index (χ2n) is 5.62. The molecule has 2 aromatic heterocycles. The van der Waals surface area contributed by atoms with Gasteiger partial charge in [0.05, 0.1) is 6.26 Å². The molecule has 0 unspecified atom stereocenters. The van der Waals surface area contributed by atoms with Gasteiger partial charge < -0.3 is 5.32 Å². The van der Waals surface area contributed by atoms with E-state index in [1.165, 1.54) is 4.31 Å². The average molecular weight is 337 g/mol. The summed E-state index contributed by atoms with van der Waals surface area (Å²) in [6, 6.07) is 5.04. The van der Waals surface area contributed by atoms with E-state index in [-0.39, 0.29) is 5.91 Å². The molecule has 1 N–H and O–H groups in total. The Hall–Kier alpha value is -2.00. The maximum absolute atomic E-state index is 12.2. The fourth-order valence-electron chi connectivity index (χ4n) is 2.88. The van der Waals surface area contributed by atoms with Crippen LogP contribution in [0.25, 0.3) is 5.65 Å². The molecule has 0 radical (unpaired) electrons. The number of fused-ring (bicyclic) bond motifs is 1. The molecule has 3 rings (SSSR count). The van der Waals surface area contributed by atoms with Gasteiger partial charge in [0.2, 0.25) is 15.9 Å². The van der Waals surface area contributed by atoms with Crippen molar-refractivity contribution in [1.29, 1.82) is 0 Å². The molecule has 8 nitrogen and oxygen atoms in total. The third kappa shape index (κ3) is 3.35. The molecule has 9 heteroatoms. The van der Waals surface area contributed by atoms with E-state index in [9.17, 15) is 13.2 Å². The van der Waals surface area contributed by atoms with E-state index in [0.29, 0.717) is 32.4 Å². The number of carbonyl (C=O) groups is 1. The number of carbonyl (C=O) groups excluding carboxylic acids is 1. The predicted molar refractivity (Wildman–Crippen MR) is 84.3 cm³/mol. The van der Waals surface area contributed by atoms with Crippen LogP contribution in [0.15, 0.2) is 24.4 Å². The molecule has 0 spiro atoms. The maximum atomic E-state index is 12.2. The van der Waals surface area contributed by atoms with E-state index in [0.717, 1.165) is 17.7 Å². The van der Waals surface area contributed by atoms with Gasteiger partial charge in [-0.3, -0.25) is 9.20 Å². The molecule has 1 fully saturated rings. The van der Waals surface area contributed by atoms with Crippen molar-refractivity contribution >= 4 is 21.6 Å². The van der Waals surface area contributed by atoms with Gasteiger partial charge in [0.1, 0.15) is 11.9 Å². The lowest BCUT2D eigenvalue weighted by Gasteiger charge is -2.21. The average Bonchev–Trinajstić information content (AvgIpc) is 3.13. The Morgan fingerprint density at radius 1 is 1.39 bits per heavy atom. The highest BCUT2D eigenvalue weighted by Crippen LogP contribution is 2.20. The summed E-state index contributed by atoms with van der Waals surface area (Å²) < 4.78 is 26.5. The molecule has 1 amide bonds.